The van der Waals surface area contributed by atoms with Gasteiger partial charge in [-0.2, -0.15) is 0 Å². The van der Waals surface area contributed by atoms with Gasteiger partial charge in [0, 0.05) is 0 Å². The van der Waals surface area contributed by atoms with Crippen molar-refractivity contribution in [1.82, 2.24) is 0 Å². The van der Waals surface area contributed by atoms with Crippen LogP contribution in [0.3, 0.4) is 0 Å². The molecule has 0 fully saturated rings. The van der Waals surface area contributed by atoms with Crippen LogP contribution in [-0.4, -0.2) is 19.7 Å². The van der Waals surface area contributed by atoms with Gasteiger partial charge in [-0.15, -0.1) is 0 Å². The normalized spacial score (nSPS) is 10.9. The molecule has 0 saturated heterocycles. The molecule has 0 aliphatic rings. The number of aryl methyl sites for hydroxylation is 2. The van der Waals surface area contributed by atoms with Crippen molar-refractivity contribution in [3.63, 3.8) is 0 Å². The second-order valence-corrected chi connectivity index (χ2v) is 4.81. The molecule has 1 aromatic carbocycles. The zero-order valence-electron chi connectivity index (χ0n) is 11.6. The Morgan fingerprint density at radius 3 is 2.50 bits per heavy atom. The fourth-order valence-electron chi connectivity index (χ4n) is 1.95. The van der Waals surface area contributed by atoms with Gasteiger partial charge in [-0.1, -0.05) is 13.0 Å². The lowest BCUT2D eigenvalue weighted by molar-refractivity contribution is 0.317. The molecular weight excluding hydrogens is 224 g/mol. The van der Waals surface area contributed by atoms with Gasteiger partial charge in [0.15, 0.2) is 0 Å². The van der Waals surface area contributed by atoms with E-state index < -0.39 is 0 Å². The fourth-order valence-corrected chi connectivity index (χ4v) is 1.95. The third-order valence-electron chi connectivity index (χ3n) is 3.28. The van der Waals surface area contributed by atoms with E-state index >= 15 is 0 Å². The monoisotopic (exact) mass is 250 g/mol. The molecule has 0 atom stereocenters. The topological polar surface area (TPSA) is 61.3 Å². The molecule has 0 spiro atoms. The second kappa shape index (κ2) is 8.11. The molecule has 0 bridgehead atoms. The Kier molecular flexibility index (Phi) is 6.76. The van der Waals surface area contributed by atoms with Gasteiger partial charge in [-0.3, -0.25) is 0 Å². The molecule has 3 heteroatoms. The smallest absolute Gasteiger partial charge is 0.119 e. The Balaban J connectivity index is 2.56. The Morgan fingerprint density at radius 2 is 1.94 bits per heavy atom. The molecule has 0 saturated carbocycles. The summed E-state index contributed by atoms with van der Waals surface area (Å²) in [6.07, 6.45) is 3.14. The van der Waals surface area contributed by atoms with Crippen molar-refractivity contribution in [3.05, 3.63) is 29.3 Å². The minimum atomic E-state index is 0.431. The largest absolute Gasteiger partial charge is 0.494 e. The van der Waals surface area contributed by atoms with Gasteiger partial charge >= 0.3 is 0 Å². The van der Waals surface area contributed by atoms with Crippen LogP contribution < -0.4 is 16.2 Å². The summed E-state index contributed by atoms with van der Waals surface area (Å²) in [5.41, 5.74) is 14.0. The van der Waals surface area contributed by atoms with E-state index in [-0.39, 0.29) is 0 Å². The number of hydrogen-bond acceptors (Lipinski definition) is 3. The molecule has 0 aliphatic carbocycles. The average Bonchev–Trinajstić information content (AvgIpc) is 2.39. The van der Waals surface area contributed by atoms with E-state index in [1.165, 1.54) is 11.1 Å². The van der Waals surface area contributed by atoms with Crippen molar-refractivity contribution in [1.29, 1.82) is 0 Å². The summed E-state index contributed by atoms with van der Waals surface area (Å²) in [5.74, 6) is 1.40. The van der Waals surface area contributed by atoms with Gasteiger partial charge in [0.25, 0.3) is 0 Å². The number of benzene rings is 1. The fraction of sp³-hybridized carbons (Fsp3) is 0.600. The van der Waals surface area contributed by atoms with Crippen LogP contribution in [0.5, 0.6) is 5.75 Å². The van der Waals surface area contributed by atoms with Crippen molar-refractivity contribution in [2.75, 3.05) is 19.7 Å². The highest BCUT2D eigenvalue weighted by atomic mass is 16.5. The van der Waals surface area contributed by atoms with Crippen LogP contribution in [-0.2, 0) is 6.42 Å². The van der Waals surface area contributed by atoms with E-state index in [0.29, 0.717) is 19.0 Å². The van der Waals surface area contributed by atoms with Crippen LogP contribution in [0.25, 0.3) is 0 Å². The average molecular weight is 250 g/mol. The summed E-state index contributed by atoms with van der Waals surface area (Å²) in [5, 5.41) is 0. The summed E-state index contributed by atoms with van der Waals surface area (Å²) in [6.45, 7) is 6.37. The van der Waals surface area contributed by atoms with Crippen molar-refractivity contribution >= 4 is 0 Å². The first-order chi connectivity index (χ1) is 8.71. The predicted octanol–water partition coefficient (Wildman–Crippen LogP) is 2.25. The zero-order chi connectivity index (χ0) is 13.4. The molecule has 4 N–H and O–H groups in total. The van der Waals surface area contributed by atoms with E-state index in [1.807, 2.05) is 0 Å². The van der Waals surface area contributed by atoms with Crippen molar-refractivity contribution in [2.24, 2.45) is 17.4 Å². The quantitative estimate of drug-likeness (QED) is 0.744. The van der Waals surface area contributed by atoms with E-state index in [2.05, 4.69) is 32.0 Å². The van der Waals surface area contributed by atoms with Crippen LogP contribution in [0, 0.1) is 12.8 Å². The molecule has 0 unspecified atom stereocenters. The molecule has 0 amide bonds. The van der Waals surface area contributed by atoms with Crippen molar-refractivity contribution in [2.45, 2.75) is 33.1 Å². The van der Waals surface area contributed by atoms with Crippen LogP contribution in [0.15, 0.2) is 18.2 Å². The second-order valence-electron chi connectivity index (χ2n) is 4.81. The summed E-state index contributed by atoms with van der Waals surface area (Å²) >= 11 is 0. The summed E-state index contributed by atoms with van der Waals surface area (Å²) in [4.78, 5) is 0. The van der Waals surface area contributed by atoms with E-state index in [9.17, 15) is 0 Å². The minimum absolute atomic E-state index is 0.431. The first kappa shape index (κ1) is 15.0. The molecule has 1 rings (SSSR count). The summed E-state index contributed by atoms with van der Waals surface area (Å²) < 4.78 is 5.62. The number of hydrogen-bond donors (Lipinski definition) is 2. The molecule has 3 nitrogen and oxygen atoms in total. The highest BCUT2D eigenvalue weighted by molar-refractivity contribution is 5.34. The van der Waals surface area contributed by atoms with E-state index in [4.69, 9.17) is 16.2 Å². The first-order valence-corrected chi connectivity index (χ1v) is 6.83. The molecule has 0 heterocycles. The molecule has 102 valence electrons. The van der Waals surface area contributed by atoms with Gasteiger partial charge in [0.2, 0.25) is 0 Å². The maximum atomic E-state index is 5.66. The molecule has 0 aromatic heterocycles. The maximum absolute atomic E-state index is 5.66. The molecule has 0 radical (unpaired) electrons. The highest BCUT2D eigenvalue weighted by Gasteiger charge is 2.06. The van der Waals surface area contributed by atoms with Crippen molar-refractivity contribution < 1.29 is 4.74 Å². The SMILES string of the molecule is CCCOc1ccc(CCC(CN)CN)c(C)c1. The minimum Gasteiger partial charge on any atom is -0.494 e. The van der Waals surface area contributed by atoms with Gasteiger partial charge in [0.1, 0.15) is 5.75 Å². The maximum Gasteiger partial charge on any atom is 0.119 e. The predicted molar refractivity (Wildman–Crippen MR) is 76.9 cm³/mol. The molecule has 1 aromatic rings. The lowest BCUT2D eigenvalue weighted by Crippen LogP contribution is -2.23. The highest BCUT2D eigenvalue weighted by Crippen LogP contribution is 2.19. The number of nitrogens with two attached hydrogens (primary N) is 2. The van der Waals surface area contributed by atoms with Crippen LogP contribution >= 0.6 is 0 Å². The van der Waals surface area contributed by atoms with E-state index in [0.717, 1.165) is 31.6 Å². The molecule has 0 aliphatic heterocycles. The lowest BCUT2D eigenvalue weighted by atomic mass is 9.97. The summed E-state index contributed by atoms with van der Waals surface area (Å²) in [6, 6.07) is 6.33. The summed E-state index contributed by atoms with van der Waals surface area (Å²) in [7, 11) is 0. The molecular formula is C15H26N2O. The Bertz CT molecular complexity index is 348. The van der Waals surface area contributed by atoms with Crippen LogP contribution in [0.2, 0.25) is 0 Å². The van der Waals surface area contributed by atoms with Gasteiger partial charge in [0.05, 0.1) is 6.61 Å². The zero-order valence-corrected chi connectivity index (χ0v) is 11.6. The van der Waals surface area contributed by atoms with Gasteiger partial charge < -0.3 is 16.2 Å². The Labute approximate surface area is 111 Å². The van der Waals surface area contributed by atoms with Crippen molar-refractivity contribution in [3.8, 4) is 5.75 Å². The lowest BCUT2D eigenvalue weighted by Gasteiger charge is -2.14. The Morgan fingerprint density at radius 1 is 1.22 bits per heavy atom. The van der Waals surface area contributed by atoms with Gasteiger partial charge in [-0.25, -0.2) is 0 Å². The molecule has 18 heavy (non-hydrogen) atoms. The van der Waals surface area contributed by atoms with Crippen LogP contribution in [0.1, 0.15) is 30.9 Å². The third kappa shape index (κ3) is 4.67. The Hall–Kier alpha value is -1.06. The first-order valence-electron chi connectivity index (χ1n) is 6.83. The number of rotatable bonds is 8. The standard InChI is InChI=1S/C15H26N2O/c1-3-8-18-15-7-6-14(12(2)9-15)5-4-13(10-16)11-17/h6-7,9,13H,3-5,8,10-11,16-17H2,1-2H3. The van der Waals surface area contributed by atoms with Gasteiger partial charge in [-0.05, 0) is 68.5 Å². The van der Waals surface area contributed by atoms with E-state index in [1.54, 1.807) is 0 Å². The number of ether oxygens (including phenoxy) is 1. The van der Waals surface area contributed by atoms with Crippen LogP contribution in [0.4, 0.5) is 0 Å². The third-order valence-corrected chi connectivity index (χ3v) is 3.28.